The Morgan fingerprint density at radius 2 is 1.74 bits per heavy atom. The molecule has 0 bridgehead atoms. The van der Waals surface area contributed by atoms with Crippen LogP contribution in [0.4, 0.5) is 0 Å². The van der Waals surface area contributed by atoms with E-state index in [1.54, 1.807) is 25.6 Å². The van der Waals surface area contributed by atoms with E-state index in [9.17, 15) is 0 Å². The van der Waals surface area contributed by atoms with Gasteiger partial charge in [-0.25, -0.2) is 0 Å². The maximum Gasteiger partial charge on any atom is 0.127 e. The smallest absolute Gasteiger partial charge is 0.127 e. The minimum absolute atomic E-state index is 0. The van der Waals surface area contributed by atoms with Gasteiger partial charge in [0.15, 0.2) is 0 Å². The summed E-state index contributed by atoms with van der Waals surface area (Å²) >= 11 is 1.63. The van der Waals surface area contributed by atoms with E-state index in [-0.39, 0.29) is 18.4 Å². The van der Waals surface area contributed by atoms with Gasteiger partial charge in [-0.3, -0.25) is 0 Å². The highest BCUT2D eigenvalue weighted by atomic mass is 35.5. The zero-order valence-corrected chi connectivity index (χ0v) is 12.8. The molecule has 0 aliphatic rings. The maximum absolute atomic E-state index is 6.31. The summed E-state index contributed by atoms with van der Waals surface area (Å²) in [5.74, 6) is 1.54. The van der Waals surface area contributed by atoms with Crippen molar-refractivity contribution in [2.24, 2.45) is 5.73 Å². The van der Waals surface area contributed by atoms with Crippen molar-refractivity contribution < 1.29 is 9.47 Å². The Morgan fingerprint density at radius 3 is 2.16 bits per heavy atom. The zero-order chi connectivity index (χ0) is 13.1. The Balaban J connectivity index is 0.00000180. The van der Waals surface area contributed by atoms with Crippen LogP contribution in [0, 0.1) is 6.92 Å². The van der Waals surface area contributed by atoms with Crippen LogP contribution in [0.3, 0.4) is 0 Å². The van der Waals surface area contributed by atoms with E-state index in [1.165, 1.54) is 0 Å². The maximum atomic E-state index is 6.31. The number of hydrogen-bond acceptors (Lipinski definition) is 4. The number of hydrogen-bond donors (Lipinski definition) is 1. The van der Waals surface area contributed by atoms with Crippen LogP contribution in [-0.4, -0.2) is 14.2 Å². The summed E-state index contributed by atoms with van der Waals surface area (Å²) in [6, 6.07) is 7.74. The molecule has 0 radical (unpaired) electrons. The third-order valence-electron chi connectivity index (χ3n) is 2.85. The number of methoxy groups -OCH3 is 2. The summed E-state index contributed by atoms with van der Waals surface area (Å²) in [4.78, 5) is 1.09. The zero-order valence-electron chi connectivity index (χ0n) is 11.2. The Hall–Kier alpha value is -1.23. The minimum atomic E-state index is -0.226. The average Bonchev–Trinajstić information content (AvgIpc) is 2.90. The van der Waals surface area contributed by atoms with Crippen molar-refractivity contribution in [3.63, 3.8) is 0 Å². The van der Waals surface area contributed by atoms with E-state index in [2.05, 4.69) is 0 Å². The van der Waals surface area contributed by atoms with Gasteiger partial charge in [-0.05, 0) is 36.1 Å². The number of benzene rings is 1. The first-order valence-corrected chi connectivity index (χ1v) is 6.56. The van der Waals surface area contributed by atoms with Gasteiger partial charge in [0.2, 0.25) is 0 Å². The van der Waals surface area contributed by atoms with Gasteiger partial charge in [-0.1, -0.05) is 6.07 Å². The van der Waals surface area contributed by atoms with E-state index < -0.39 is 0 Å². The van der Waals surface area contributed by atoms with E-state index in [0.29, 0.717) is 0 Å². The third kappa shape index (κ3) is 3.21. The van der Waals surface area contributed by atoms with Crippen molar-refractivity contribution in [1.82, 2.24) is 0 Å². The molecule has 1 aromatic carbocycles. The van der Waals surface area contributed by atoms with Crippen molar-refractivity contribution in [2.45, 2.75) is 13.0 Å². The standard InChI is InChI=1S/C14H17NO2S.ClH/c1-9-7-10(16-2)13(11(8-9)17-3)14(15)12-5-4-6-18-12;/h4-8,14H,15H2,1-3H3;1H/t14-;/m0./s1. The second-order valence-electron chi connectivity index (χ2n) is 4.08. The molecule has 3 nitrogen and oxygen atoms in total. The number of rotatable bonds is 4. The van der Waals surface area contributed by atoms with Crippen LogP contribution in [0.1, 0.15) is 22.0 Å². The second kappa shape index (κ2) is 6.80. The molecular formula is C14H18ClNO2S. The summed E-state index contributed by atoms with van der Waals surface area (Å²) in [7, 11) is 3.30. The highest BCUT2D eigenvalue weighted by Crippen LogP contribution is 2.38. The van der Waals surface area contributed by atoms with Crippen molar-refractivity contribution in [1.29, 1.82) is 0 Å². The van der Waals surface area contributed by atoms with E-state index >= 15 is 0 Å². The normalized spacial score (nSPS) is 11.6. The van der Waals surface area contributed by atoms with Crippen LogP contribution in [0.25, 0.3) is 0 Å². The SMILES string of the molecule is COc1cc(C)cc(OC)c1[C@@H](N)c1cccs1.Cl. The molecular weight excluding hydrogens is 282 g/mol. The lowest BCUT2D eigenvalue weighted by molar-refractivity contribution is 0.382. The molecule has 0 aliphatic carbocycles. The topological polar surface area (TPSA) is 44.5 Å². The molecule has 1 heterocycles. The molecule has 5 heteroatoms. The van der Waals surface area contributed by atoms with E-state index in [0.717, 1.165) is 27.5 Å². The molecule has 0 spiro atoms. The number of ether oxygens (including phenoxy) is 2. The fourth-order valence-corrected chi connectivity index (χ4v) is 2.72. The lowest BCUT2D eigenvalue weighted by Gasteiger charge is -2.19. The summed E-state index contributed by atoms with van der Waals surface area (Å²) in [5.41, 5.74) is 8.30. The van der Waals surface area contributed by atoms with Gasteiger partial charge in [0, 0.05) is 4.88 Å². The number of thiophene rings is 1. The Labute approximate surface area is 123 Å². The number of nitrogens with two attached hydrogens (primary N) is 1. The highest BCUT2D eigenvalue weighted by molar-refractivity contribution is 7.10. The molecule has 1 atom stereocenters. The van der Waals surface area contributed by atoms with Crippen LogP contribution in [-0.2, 0) is 0 Å². The molecule has 0 saturated carbocycles. The third-order valence-corrected chi connectivity index (χ3v) is 3.80. The van der Waals surface area contributed by atoms with Crippen LogP contribution in [0.2, 0.25) is 0 Å². The van der Waals surface area contributed by atoms with Gasteiger partial charge in [0.25, 0.3) is 0 Å². The molecule has 0 saturated heterocycles. The minimum Gasteiger partial charge on any atom is -0.496 e. The lowest BCUT2D eigenvalue weighted by atomic mass is 10.0. The molecule has 2 aromatic rings. The first-order valence-electron chi connectivity index (χ1n) is 5.69. The molecule has 0 aliphatic heterocycles. The molecule has 2 N–H and O–H groups in total. The Kier molecular flexibility index (Phi) is 5.66. The van der Waals surface area contributed by atoms with Gasteiger partial charge in [-0.2, -0.15) is 0 Å². The predicted molar refractivity (Wildman–Crippen MR) is 81.9 cm³/mol. The Morgan fingerprint density at radius 1 is 1.16 bits per heavy atom. The summed E-state index contributed by atoms with van der Waals surface area (Å²) in [5, 5.41) is 2.02. The van der Waals surface area contributed by atoms with E-state index in [1.807, 2.05) is 36.6 Å². The van der Waals surface area contributed by atoms with Crippen molar-refractivity contribution in [2.75, 3.05) is 14.2 Å². The summed E-state index contributed by atoms with van der Waals surface area (Å²) in [6.45, 7) is 2.01. The number of aryl methyl sites for hydroxylation is 1. The van der Waals surface area contributed by atoms with Gasteiger partial charge in [0.1, 0.15) is 11.5 Å². The molecule has 0 amide bonds. The lowest BCUT2D eigenvalue weighted by Crippen LogP contribution is -2.13. The molecule has 0 fully saturated rings. The molecule has 19 heavy (non-hydrogen) atoms. The molecule has 2 rings (SSSR count). The first-order chi connectivity index (χ1) is 8.67. The van der Waals surface area contributed by atoms with Crippen LogP contribution in [0.5, 0.6) is 11.5 Å². The average molecular weight is 300 g/mol. The molecule has 0 unspecified atom stereocenters. The van der Waals surface area contributed by atoms with Gasteiger partial charge < -0.3 is 15.2 Å². The van der Waals surface area contributed by atoms with E-state index in [4.69, 9.17) is 15.2 Å². The summed E-state index contributed by atoms with van der Waals surface area (Å²) < 4.78 is 10.9. The molecule has 104 valence electrons. The second-order valence-corrected chi connectivity index (χ2v) is 5.06. The van der Waals surface area contributed by atoms with Gasteiger partial charge >= 0.3 is 0 Å². The largest absolute Gasteiger partial charge is 0.496 e. The van der Waals surface area contributed by atoms with Gasteiger partial charge in [0.05, 0.1) is 25.8 Å². The van der Waals surface area contributed by atoms with Crippen LogP contribution < -0.4 is 15.2 Å². The quantitative estimate of drug-likeness (QED) is 0.939. The van der Waals surface area contributed by atoms with Gasteiger partial charge in [-0.15, -0.1) is 23.7 Å². The number of halogens is 1. The molecule has 1 aromatic heterocycles. The van der Waals surface area contributed by atoms with Crippen molar-refractivity contribution >= 4 is 23.7 Å². The monoisotopic (exact) mass is 299 g/mol. The fraction of sp³-hybridized carbons (Fsp3) is 0.286. The summed E-state index contributed by atoms with van der Waals surface area (Å²) in [6.07, 6.45) is 0. The van der Waals surface area contributed by atoms with Crippen molar-refractivity contribution in [3.05, 3.63) is 45.6 Å². The highest BCUT2D eigenvalue weighted by Gasteiger charge is 2.20. The predicted octanol–water partition coefficient (Wildman–Crippen LogP) is 3.54. The van der Waals surface area contributed by atoms with Crippen LogP contribution >= 0.6 is 23.7 Å². The first kappa shape index (κ1) is 15.8. The fourth-order valence-electron chi connectivity index (χ4n) is 1.99. The van der Waals surface area contributed by atoms with Crippen molar-refractivity contribution in [3.8, 4) is 11.5 Å². The Bertz CT molecular complexity index is 503. The van der Waals surface area contributed by atoms with Crippen LogP contribution in [0.15, 0.2) is 29.6 Å².